The lowest BCUT2D eigenvalue weighted by Crippen LogP contribution is -2.49. The van der Waals surface area contributed by atoms with E-state index in [-0.39, 0.29) is 35.5 Å². The number of halogens is 2. The van der Waals surface area contributed by atoms with Crippen molar-refractivity contribution in [2.24, 2.45) is 0 Å². The van der Waals surface area contributed by atoms with Gasteiger partial charge in [-0.15, -0.1) is 11.3 Å². The zero-order valence-electron chi connectivity index (χ0n) is 17.2. The lowest BCUT2D eigenvalue weighted by atomic mass is 10.1. The van der Waals surface area contributed by atoms with E-state index < -0.39 is 0 Å². The number of aromatic nitrogens is 1. The molecule has 0 N–H and O–H groups in total. The van der Waals surface area contributed by atoms with Crippen molar-refractivity contribution in [1.82, 2.24) is 9.88 Å². The Labute approximate surface area is 193 Å². The van der Waals surface area contributed by atoms with E-state index in [0.29, 0.717) is 37.4 Å². The van der Waals surface area contributed by atoms with Gasteiger partial charge in [0.25, 0.3) is 0 Å². The van der Waals surface area contributed by atoms with Gasteiger partial charge < -0.3 is 9.80 Å². The second kappa shape index (κ2) is 10.2. The third-order valence-electron chi connectivity index (χ3n) is 5.18. The van der Waals surface area contributed by atoms with E-state index in [4.69, 9.17) is 0 Å². The Bertz CT molecular complexity index is 1080. The number of benzene rings is 2. The number of nitrogens with zero attached hydrogens (tertiary/aromatic N) is 3. The Hall–Kier alpha value is -2.78. The van der Waals surface area contributed by atoms with Crippen LogP contribution in [-0.4, -0.2) is 53.5 Å². The molecule has 0 spiro atoms. The fourth-order valence-electron chi connectivity index (χ4n) is 3.41. The van der Waals surface area contributed by atoms with Crippen LogP contribution in [0, 0.1) is 11.6 Å². The average molecular weight is 474 g/mol. The third-order valence-corrected chi connectivity index (χ3v) is 7.25. The number of carbonyl (C=O) groups excluding carboxylic acids is 2. The molecule has 1 amide bonds. The summed E-state index contributed by atoms with van der Waals surface area (Å²) in [7, 11) is 0. The van der Waals surface area contributed by atoms with Crippen molar-refractivity contribution in [3.05, 3.63) is 76.8 Å². The Kier molecular flexibility index (Phi) is 7.16. The molecule has 0 saturated carbocycles. The summed E-state index contributed by atoms with van der Waals surface area (Å²) in [6.07, 6.45) is 0.222. The Balaban J connectivity index is 1.24. The predicted molar refractivity (Wildman–Crippen MR) is 122 cm³/mol. The molecule has 5 nitrogen and oxygen atoms in total. The lowest BCUT2D eigenvalue weighted by Gasteiger charge is -2.36. The van der Waals surface area contributed by atoms with Crippen LogP contribution < -0.4 is 4.90 Å². The zero-order chi connectivity index (χ0) is 22.5. The number of hydrogen-bond acceptors (Lipinski definition) is 6. The van der Waals surface area contributed by atoms with E-state index in [9.17, 15) is 18.4 Å². The van der Waals surface area contributed by atoms with Crippen molar-refractivity contribution >= 4 is 40.5 Å². The second-order valence-corrected chi connectivity index (χ2v) is 9.43. The summed E-state index contributed by atoms with van der Waals surface area (Å²) in [6.45, 7) is 2.60. The molecule has 3 aromatic rings. The molecule has 2 aromatic carbocycles. The molecule has 1 aromatic heterocycles. The van der Waals surface area contributed by atoms with Gasteiger partial charge in [0.15, 0.2) is 10.1 Å². The summed E-state index contributed by atoms with van der Waals surface area (Å²) in [6, 6.07) is 11.9. The predicted octanol–water partition coefficient (Wildman–Crippen LogP) is 4.29. The Morgan fingerprint density at radius 3 is 2.22 bits per heavy atom. The molecular formula is C23H21F2N3O2S2. The number of piperazine rings is 1. The van der Waals surface area contributed by atoms with Gasteiger partial charge in [0, 0.05) is 42.8 Å². The van der Waals surface area contributed by atoms with Crippen LogP contribution in [-0.2, 0) is 11.2 Å². The quantitative estimate of drug-likeness (QED) is 0.379. The molecule has 0 unspecified atom stereocenters. The average Bonchev–Trinajstić information content (AvgIpc) is 3.26. The molecule has 32 heavy (non-hydrogen) atoms. The van der Waals surface area contributed by atoms with Crippen LogP contribution in [0.1, 0.15) is 16.1 Å². The van der Waals surface area contributed by atoms with Crippen molar-refractivity contribution in [3.8, 4) is 0 Å². The van der Waals surface area contributed by atoms with Crippen LogP contribution in [0.5, 0.6) is 0 Å². The van der Waals surface area contributed by atoms with Crippen molar-refractivity contribution in [3.63, 3.8) is 0 Å². The number of anilines is 1. The van der Waals surface area contributed by atoms with Crippen LogP contribution in [0.15, 0.2) is 58.3 Å². The molecule has 1 aliphatic heterocycles. The molecule has 0 bridgehead atoms. The first-order valence-corrected chi connectivity index (χ1v) is 12.0. The van der Waals surface area contributed by atoms with Crippen LogP contribution in [0.3, 0.4) is 0 Å². The topological polar surface area (TPSA) is 53.5 Å². The molecule has 0 radical (unpaired) electrons. The summed E-state index contributed by atoms with van der Waals surface area (Å²) >= 11 is 2.72. The van der Waals surface area contributed by atoms with Crippen molar-refractivity contribution in [1.29, 1.82) is 0 Å². The van der Waals surface area contributed by atoms with E-state index in [0.717, 1.165) is 10.0 Å². The highest BCUT2D eigenvalue weighted by Crippen LogP contribution is 2.24. The minimum absolute atomic E-state index is 0.0213. The Morgan fingerprint density at radius 1 is 0.938 bits per heavy atom. The van der Waals surface area contributed by atoms with E-state index in [1.54, 1.807) is 12.1 Å². The molecule has 9 heteroatoms. The van der Waals surface area contributed by atoms with Gasteiger partial charge in [0.2, 0.25) is 5.91 Å². The van der Waals surface area contributed by atoms with E-state index >= 15 is 0 Å². The van der Waals surface area contributed by atoms with E-state index in [2.05, 4.69) is 9.88 Å². The number of carbonyl (C=O) groups is 2. The normalized spacial score (nSPS) is 13.9. The molecule has 0 atom stereocenters. The second-order valence-electron chi connectivity index (χ2n) is 7.34. The van der Waals surface area contributed by atoms with Gasteiger partial charge in [-0.05, 0) is 48.5 Å². The number of hydrogen-bond donors (Lipinski definition) is 0. The van der Waals surface area contributed by atoms with E-state index in [1.807, 2.05) is 10.3 Å². The van der Waals surface area contributed by atoms with Crippen LogP contribution in [0.4, 0.5) is 14.5 Å². The summed E-state index contributed by atoms with van der Waals surface area (Å²) in [5.41, 5.74) is 2.11. The number of thioether (sulfide) groups is 1. The smallest absolute Gasteiger partial charge is 0.228 e. The molecule has 0 aliphatic carbocycles. The van der Waals surface area contributed by atoms with E-state index in [1.165, 1.54) is 59.5 Å². The van der Waals surface area contributed by atoms with Crippen LogP contribution >= 0.6 is 23.1 Å². The van der Waals surface area contributed by atoms with Crippen molar-refractivity contribution in [2.75, 3.05) is 36.8 Å². The SMILES string of the molecule is O=C(CSc1nc(CC(=O)N2CCN(c3ccc(F)cc3)CC2)cs1)c1ccc(F)cc1. The third kappa shape index (κ3) is 5.72. The first-order valence-electron chi connectivity index (χ1n) is 10.1. The van der Waals surface area contributed by atoms with Gasteiger partial charge in [-0.3, -0.25) is 9.59 Å². The van der Waals surface area contributed by atoms with Gasteiger partial charge in [-0.1, -0.05) is 11.8 Å². The maximum atomic E-state index is 13.1. The number of Topliss-reactive ketones (excluding diaryl/α,β-unsaturated/α-hetero) is 1. The van der Waals surface area contributed by atoms with Gasteiger partial charge in [-0.25, -0.2) is 13.8 Å². The molecule has 1 aliphatic rings. The van der Waals surface area contributed by atoms with Gasteiger partial charge in [0.05, 0.1) is 17.9 Å². The number of ketones is 1. The highest BCUT2D eigenvalue weighted by atomic mass is 32.2. The van der Waals surface area contributed by atoms with Gasteiger partial charge in [-0.2, -0.15) is 0 Å². The summed E-state index contributed by atoms with van der Waals surface area (Å²) < 4.78 is 26.8. The monoisotopic (exact) mass is 473 g/mol. The molecule has 1 fully saturated rings. The first-order chi connectivity index (χ1) is 15.5. The standard InChI is InChI=1S/C23H21F2N3O2S2/c24-17-3-1-16(2-4-17)21(29)15-32-23-26-19(14-31-23)13-22(30)28-11-9-27(10-12-28)20-7-5-18(25)6-8-20/h1-8,14H,9-13,15H2. The molecule has 2 heterocycles. The zero-order valence-corrected chi connectivity index (χ0v) is 18.8. The summed E-state index contributed by atoms with van der Waals surface area (Å²) in [5.74, 6) is -0.504. The molecule has 1 saturated heterocycles. The highest BCUT2D eigenvalue weighted by Gasteiger charge is 2.22. The van der Waals surface area contributed by atoms with Crippen molar-refractivity contribution < 1.29 is 18.4 Å². The van der Waals surface area contributed by atoms with Gasteiger partial charge >= 0.3 is 0 Å². The fraction of sp³-hybridized carbons (Fsp3) is 0.261. The highest BCUT2D eigenvalue weighted by molar-refractivity contribution is 8.01. The summed E-state index contributed by atoms with van der Waals surface area (Å²) in [5, 5.41) is 1.84. The largest absolute Gasteiger partial charge is 0.368 e. The number of thiazole rings is 1. The maximum absolute atomic E-state index is 13.1. The minimum Gasteiger partial charge on any atom is -0.368 e. The maximum Gasteiger partial charge on any atom is 0.228 e. The van der Waals surface area contributed by atoms with Gasteiger partial charge in [0.1, 0.15) is 11.6 Å². The number of amides is 1. The summed E-state index contributed by atoms with van der Waals surface area (Å²) in [4.78, 5) is 33.3. The van der Waals surface area contributed by atoms with Crippen molar-refractivity contribution in [2.45, 2.75) is 10.8 Å². The fourth-order valence-corrected chi connectivity index (χ4v) is 5.15. The van der Waals surface area contributed by atoms with Crippen LogP contribution in [0.2, 0.25) is 0 Å². The number of rotatable bonds is 7. The van der Waals surface area contributed by atoms with Crippen LogP contribution in [0.25, 0.3) is 0 Å². The molecule has 166 valence electrons. The first kappa shape index (κ1) is 22.4. The lowest BCUT2D eigenvalue weighted by molar-refractivity contribution is -0.130. The molecular weight excluding hydrogens is 452 g/mol. The molecule has 4 rings (SSSR count). The minimum atomic E-state index is -0.375. The Morgan fingerprint density at radius 2 is 1.56 bits per heavy atom.